The molecule has 9 heteroatoms. The topological polar surface area (TPSA) is 91.7 Å². The van der Waals surface area contributed by atoms with Crippen molar-refractivity contribution in [3.63, 3.8) is 0 Å². The molecule has 1 aliphatic rings. The van der Waals surface area contributed by atoms with Crippen LogP contribution >= 0.6 is 0 Å². The van der Waals surface area contributed by atoms with Gasteiger partial charge < -0.3 is 14.8 Å². The maximum absolute atomic E-state index is 4.50. The first-order valence-corrected chi connectivity index (χ1v) is 8.90. The molecule has 0 aromatic carbocycles. The van der Waals surface area contributed by atoms with Crippen LogP contribution in [0.15, 0.2) is 43.2 Å². The van der Waals surface area contributed by atoms with Crippen molar-refractivity contribution in [2.24, 2.45) is 0 Å². The Hall–Kier alpha value is -3.49. The number of nitrogens with one attached hydrogen (secondary N) is 1. The van der Waals surface area contributed by atoms with Crippen molar-refractivity contribution >= 4 is 22.7 Å². The first-order chi connectivity index (χ1) is 13.3. The van der Waals surface area contributed by atoms with Gasteiger partial charge in [0.2, 0.25) is 0 Å². The van der Waals surface area contributed by atoms with Gasteiger partial charge in [0.25, 0.3) is 0 Å². The van der Waals surface area contributed by atoms with Crippen molar-refractivity contribution in [1.29, 1.82) is 0 Å². The summed E-state index contributed by atoms with van der Waals surface area (Å²) in [5.74, 6) is 2.68. The van der Waals surface area contributed by atoms with Gasteiger partial charge in [0, 0.05) is 44.6 Å². The number of rotatable bonds is 3. The molecule has 1 saturated heterocycles. The molecule has 0 radical (unpaired) electrons. The molecule has 1 fully saturated rings. The van der Waals surface area contributed by atoms with Crippen molar-refractivity contribution in [1.82, 2.24) is 34.7 Å². The molecule has 136 valence electrons. The Kier molecular flexibility index (Phi) is 3.70. The van der Waals surface area contributed by atoms with Crippen LogP contribution in [0.3, 0.4) is 0 Å². The summed E-state index contributed by atoms with van der Waals surface area (Å²) in [5, 5.41) is 5.48. The van der Waals surface area contributed by atoms with Gasteiger partial charge in [-0.05, 0) is 19.1 Å². The van der Waals surface area contributed by atoms with Crippen molar-refractivity contribution < 1.29 is 0 Å². The molecule has 0 amide bonds. The van der Waals surface area contributed by atoms with Gasteiger partial charge >= 0.3 is 0 Å². The Morgan fingerprint density at radius 3 is 2.48 bits per heavy atom. The number of hydrogen-bond acceptors (Lipinski definition) is 7. The van der Waals surface area contributed by atoms with E-state index in [0.717, 1.165) is 60.4 Å². The molecule has 0 unspecified atom stereocenters. The van der Waals surface area contributed by atoms with Crippen molar-refractivity contribution in [2.75, 3.05) is 36.0 Å². The maximum atomic E-state index is 4.50. The van der Waals surface area contributed by atoms with E-state index in [9.17, 15) is 0 Å². The zero-order chi connectivity index (χ0) is 18.2. The predicted molar refractivity (Wildman–Crippen MR) is 102 cm³/mol. The summed E-state index contributed by atoms with van der Waals surface area (Å²) in [6.45, 7) is 5.44. The molecule has 1 aliphatic heterocycles. The minimum absolute atomic E-state index is 0.778. The summed E-state index contributed by atoms with van der Waals surface area (Å²) in [4.78, 5) is 25.3. The highest BCUT2D eigenvalue weighted by atomic mass is 15.3. The molecular formula is C18H19N9. The number of anilines is 2. The Bertz CT molecular complexity index is 1080. The Labute approximate surface area is 155 Å². The predicted octanol–water partition coefficient (Wildman–Crippen LogP) is 1.57. The fourth-order valence-corrected chi connectivity index (χ4v) is 3.44. The minimum Gasteiger partial charge on any atom is -0.353 e. The molecule has 9 nitrogen and oxygen atoms in total. The van der Waals surface area contributed by atoms with Crippen molar-refractivity contribution in [2.45, 2.75) is 6.92 Å². The molecule has 27 heavy (non-hydrogen) atoms. The molecule has 5 heterocycles. The Balaban J connectivity index is 1.34. The smallest absolute Gasteiger partial charge is 0.158 e. The Morgan fingerprint density at radius 1 is 0.889 bits per heavy atom. The number of aromatic amines is 1. The summed E-state index contributed by atoms with van der Waals surface area (Å²) in [5.41, 5.74) is 1.84. The highest BCUT2D eigenvalue weighted by molar-refractivity contribution is 5.87. The van der Waals surface area contributed by atoms with Crippen LogP contribution < -0.4 is 9.80 Å². The first kappa shape index (κ1) is 15.7. The third kappa shape index (κ3) is 2.86. The van der Waals surface area contributed by atoms with Crippen LogP contribution in [0.1, 0.15) is 5.69 Å². The number of piperazine rings is 1. The lowest BCUT2D eigenvalue weighted by Gasteiger charge is -2.36. The second-order valence-corrected chi connectivity index (χ2v) is 6.55. The number of fused-ring (bicyclic) bond motifs is 1. The van der Waals surface area contributed by atoms with Gasteiger partial charge in [-0.2, -0.15) is 5.10 Å². The molecule has 4 aromatic rings. The van der Waals surface area contributed by atoms with Crippen LogP contribution in [0, 0.1) is 6.92 Å². The molecule has 0 spiro atoms. The molecular weight excluding hydrogens is 342 g/mol. The fraction of sp³-hybridized carbons (Fsp3) is 0.278. The molecule has 0 atom stereocenters. The van der Waals surface area contributed by atoms with E-state index < -0.39 is 0 Å². The van der Waals surface area contributed by atoms with E-state index in [1.165, 1.54) is 0 Å². The molecule has 0 saturated carbocycles. The fourth-order valence-electron chi connectivity index (χ4n) is 3.44. The lowest BCUT2D eigenvalue weighted by Crippen LogP contribution is -2.47. The van der Waals surface area contributed by atoms with Gasteiger partial charge in [0.1, 0.15) is 29.9 Å². The zero-order valence-corrected chi connectivity index (χ0v) is 14.9. The summed E-state index contributed by atoms with van der Waals surface area (Å²) in [6, 6.07) is 5.97. The van der Waals surface area contributed by atoms with E-state index in [1.807, 2.05) is 37.5 Å². The average molecular weight is 361 g/mol. The van der Waals surface area contributed by atoms with Gasteiger partial charge in [0.15, 0.2) is 5.82 Å². The highest BCUT2D eigenvalue weighted by Crippen LogP contribution is 2.24. The van der Waals surface area contributed by atoms with Gasteiger partial charge in [0.05, 0.1) is 11.1 Å². The normalized spacial score (nSPS) is 14.9. The molecule has 4 aromatic heterocycles. The van der Waals surface area contributed by atoms with Crippen molar-refractivity contribution in [3.05, 3.63) is 48.9 Å². The van der Waals surface area contributed by atoms with E-state index in [2.05, 4.69) is 39.8 Å². The second-order valence-electron chi connectivity index (χ2n) is 6.55. The van der Waals surface area contributed by atoms with Crippen molar-refractivity contribution in [3.8, 4) is 5.82 Å². The third-order valence-corrected chi connectivity index (χ3v) is 4.83. The van der Waals surface area contributed by atoms with Crippen LogP contribution in [0.2, 0.25) is 0 Å². The van der Waals surface area contributed by atoms with E-state index in [4.69, 9.17) is 0 Å². The maximum Gasteiger partial charge on any atom is 0.158 e. The highest BCUT2D eigenvalue weighted by Gasteiger charge is 2.21. The number of hydrogen-bond donors (Lipinski definition) is 1. The van der Waals surface area contributed by atoms with Crippen LogP contribution in [0.5, 0.6) is 0 Å². The van der Waals surface area contributed by atoms with Gasteiger partial charge in [-0.1, -0.05) is 0 Å². The number of nitrogens with zero attached hydrogens (tertiary/aromatic N) is 8. The summed E-state index contributed by atoms with van der Waals surface area (Å²) in [7, 11) is 0. The quantitative estimate of drug-likeness (QED) is 0.592. The van der Waals surface area contributed by atoms with Gasteiger partial charge in [-0.25, -0.2) is 24.6 Å². The summed E-state index contributed by atoms with van der Waals surface area (Å²) >= 11 is 0. The molecule has 0 bridgehead atoms. The molecule has 0 aliphatic carbocycles. The standard InChI is InChI=1S/C18H19N9/c1-13-3-5-27(24-13)16-10-15(20-11-21-16)25-6-8-26(9-7-25)18-14-2-4-19-17(14)22-12-23-18/h2-5,10-12H,6-9H2,1H3,(H,19,22,23). The monoisotopic (exact) mass is 361 g/mol. The minimum atomic E-state index is 0.778. The Morgan fingerprint density at radius 2 is 1.67 bits per heavy atom. The number of H-pyrrole nitrogens is 1. The largest absolute Gasteiger partial charge is 0.353 e. The summed E-state index contributed by atoms with van der Waals surface area (Å²) < 4.78 is 1.78. The van der Waals surface area contributed by atoms with Gasteiger partial charge in [-0.15, -0.1) is 0 Å². The van der Waals surface area contributed by atoms with E-state index in [1.54, 1.807) is 17.3 Å². The van der Waals surface area contributed by atoms with Crippen LogP contribution in [0.25, 0.3) is 16.9 Å². The average Bonchev–Trinajstić information content (AvgIpc) is 3.37. The van der Waals surface area contributed by atoms with E-state index in [0.29, 0.717) is 0 Å². The van der Waals surface area contributed by atoms with E-state index >= 15 is 0 Å². The summed E-state index contributed by atoms with van der Waals surface area (Å²) in [6.07, 6.45) is 7.03. The first-order valence-electron chi connectivity index (χ1n) is 8.90. The molecule has 5 rings (SSSR count). The van der Waals surface area contributed by atoms with Crippen LogP contribution in [-0.4, -0.2) is 60.9 Å². The zero-order valence-electron chi connectivity index (χ0n) is 14.9. The molecule has 1 N–H and O–H groups in total. The van der Waals surface area contributed by atoms with Crippen LogP contribution in [0.4, 0.5) is 11.6 Å². The lowest BCUT2D eigenvalue weighted by molar-refractivity contribution is 0.641. The number of aromatic nitrogens is 7. The second kappa shape index (κ2) is 6.35. The lowest BCUT2D eigenvalue weighted by atomic mass is 10.2. The van der Waals surface area contributed by atoms with Crippen LogP contribution in [-0.2, 0) is 0 Å². The third-order valence-electron chi connectivity index (χ3n) is 4.83. The van der Waals surface area contributed by atoms with E-state index in [-0.39, 0.29) is 0 Å². The SMILES string of the molecule is Cc1ccn(-c2cc(N3CCN(c4ncnc5[nH]ccc45)CC3)ncn2)n1. The van der Waals surface area contributed by atoms with Gasteiger partial charge in [-0.3, -0.25) is 0 Å². The number of aryl methyl sites for hydroxylation is 1.